The van der Waals surface area contributed by atoms with E-state index in [2.05, 4.69) is 98.9 Å². The molecule has 0 aromatic carbocycles. The van der Waals surface area contributed by atoms with Crippen molar-refractivity contribution in [1.29, 1.82) is 0 Å². The SMILES string of the molecule is CC/C=C\C/C=C\C/C=C\C/C=C\C/C=C\CCCCCCCCOCC(COC1OC(CO)C(O)C(O)C1O)OC(=O)CCCCCCC/C=C\C/C=C\CCCCCC. The largest absolute Gasteiger partial charge is 0.457 e. The fourth-order valence-electron chi connectivity index (χ4n) is 6.78. The van der Waals surface area contributed by atoms with Gasteiger partial charge in [-0.15, -0.1) is 0 Å². The van der Waals surface area contributed by atoms with Crippen LogP contribution in [0.25, 0.3) is 0 Å². The number of hydrogen-bond donors (Lipinski definition) is 4. The zero-order valence-electron chi connectivity index (χ0n) is 38.4. The maximum atomic E-state index is 12.8. The summed E-state index contributed by atoms with van der Waals surface area (Å²) in [4.78, 5) is 12.8. The summed E-state index contributed by atoms with van der Waals surface area (Å²) >= 11 is 0. The van der Waals surface area contributed by atoms with Gasteiger partial charge in [0.15, 0.2) is 6.29 Å². The lowest BCUT2D eigenvalue weighted by atomic mass is 9.99. The highest BCUT2D eigenvalue weighted by Gasteiger charge is 2.44. The molecule has 0 bridgehead atoms. The first kappa shape index (κ1) is 56.4. The maximum absolute atomic E-state index is 12.8. The van der Waals surface area contributed by atoms with Crippen molar-refractivity contribution in [1.82, 2.24) is 0 Å². The number of allylic oxidation sites excluding steroid dienone is 14. The number of carbonyl (C=O) groups is 1. The van der Waals surface area contributed by atoms with Gasteiger partial charge >= 0.3 is 5.97 Å². The van der Waals surface area contributed by atoms with E-state index in [1.807, 2.05) is 0 Å². The van der Waals surface area contributed by atoms with Crippen LogP contribution in [0.1, 0.15) is 174 Å². The Bertz CT molecular complexity index is 1200. The number of esters is 1. The molecule has 0 amide bonds. The van der Waals surface area contributed by atoms with Crippen molar-refractivity contribution in [2.45, 2.75) is 211 Å². The summed E-state index contributed by atoms with van der Waals surface area (Å²) in [6.45, 7) is 4.36. The van der Waals surface area contributed by atoms with Gasteiger partial charge in [0.2, 0.25) is 0 Å². The van der Waals surface area contributed by atoms with E-state index in [-0.39, 0.29) is 19.2 Å². The zero-order chi connectivity index (χ0) is 44.3. The minimum Gasteiger partial charge on any atom is -0.457 e. The zero-order valence-corrected chi connectivity index (χ0v) is 38.4. The standard InChI is InChI=1S/C52H88O9/c1-3-5-7-9-11-13-15-17-19-21-22-23-24-25-26-28-30-32-34-36-38-40-42-58-44-46(45-59-52-51(57)50(56)49(55)47(43-53)61-52)60-48(54)41-39-37-35-33-31-29-27-20-18-16-14-12-10-8-6-4-2/h5,7,11,13-14,16-17,19-20,22-23,25-27,46-47,49-53,55-57H,3-4,6,8-10,12,15,18,21,24,28-45H2,1-2H3/b7-5-,13-11-,16-14-,19-17-,23-22-,26-25-,27-20-. The van der Waals surface area contributed by atoms with E-state index < -0.39 is 43.4 Å². The highest BCUT2D eigenvalue weighted by Crippen LogP contribution is 2.22. The number of carbonyl (C=O) groups excluding carboxylic acids is 1. The second-order valence-electron chi connectivity index (χ2n) is 16.2. The van der Waals surface area contributed by atoms with Crippen LogP contribution in [0.4, 0.5) is 0 Å². The van der Waals surface area contributed by atoms with E-state index in [1.165, 1.54) is 51.4 Å². The van der Waals surface area contributed by atoms with E-state index in [0.29, 0.717) is 13.0 Å². The van der Waals surface area contributed by atoms with Crippen molar-refractivity contribution in [3.8, 4) is 0 Å². The third-order valence-corrected chi connectivity index (χ3v) is 10.5. The Hall–Kier alpha value is -2.63. The average molecular weight is 857 g/mol. The Morgan fingerprint density at radius 2 is 1.00 bits per heavy atom. The summed E-state index contributed by atoms with van der Waals surface area (Å²) in [5.41, 5.74) is 0. The molecule has 0 aromatic rings. The normalized spacial score (nSPS) is 20.7. The molecule has 1 saturated heterocycles. The molecule has 1 aliphatic heterocycles. The van der Waals surface area contributed by atoms with Crippen molar-refractivity contribution in [2.24, 2.45) is 0 Å². The van der Waals surface area contributed by atoms with E-state index in [0.717, 1.165) is 103 Å². The fraction of sp³-hybridized carbons (Fsp3) is 0.712. The summed E-state index contributed by atoms with van der Waals surface area (Å²) in [6.07, 6.45) is 50.3. The molecule has 0 radical (unpaired) electrons. The lowest BCUT2D eigenvalue weighted by Crippen LogP contribution is -2.59. The van der Waals surface area contributed by atoms with Crippen LogP contribution in [-0.2, 0) is 23.7 Å². The number of rotatable bonds is 40. The first-order valence-electron chi connectivity index (χ1n) is 24.2. The van der Waals surface area contributed by atoms with Crippen LogP contribution in [0.15, 0.2) is 85.1 Å². The van der Waals surface area contributed by atoms with Crippen LogP contribution in [-0.4, -0.2) is 89.6 Å². The molecule has 6 atom stereocenters. The monoisotopic (exact) mass is 857 g/mol. The smallest absolute Gasteiger partial charge is 0.306 e. The second kappa shape index (κ2) is 42.7. The van der Waals surface area contributed by atoms with Gasteiger partial charge in [-0.1, -0.05) is 163 Å². The number of unbranched alkanes of at least 4 members (excludes halogenated alkanes) is 15. The van der Waals surface area contributed by atoms with Gasteiger partial charge in [0.1, 0.15) is 30.5 Å². The molecule has 6 unspecified atom stereocenters. The maximum Gasteiger partial charge on any atom is 0.306 e. The van der Waals surface area contributed by atoms with Crippen molar-refractivity contribution in [3.05, 3.63) is 85.1 Å². The summed E-state index contributed by atoms with van der Waals surface area (Å²) in [6, 6.07) is 0. The summed E-state index contributed by atoms with van der Waals surface area (Å²) in [7, 11) is 0. The molecule has 1 aliphatic rings. The molecule has 61 heavy (non-hydrogen) atoms. The van der Waals surface area contributed by atoms with Crippen LogP contribution < -0.4 is 0 Å². The van der Waals surface area contributed by atoms with Crippen molar-refractivity contribution < 1.29 is 44.2 Å². The van der Waals surface area contributed by atoms with E-state index >= 15 is 0 Å². The third-order valence-electron chi connectivity index (χ3n) is 10.5. The predicted octanol–water partition coefficient (Wildman–Crippen LogP) is 11.4. The molecule has 4 N–H and O–H groups in total. The number of hydrogen-bond acceptors (Lipinski definition) is 9. The number of aliphatic hydroxyl groups is 4. The van der Waals surface area contributed by atoms with Gasteiger partial charge in [0.05, 0.1) is 19.8 Å². The van der Waals surface area contributed by atoms with Gasteiger partial charge in [-0.05, 0) is 89.9 Å². The predicted molar refractivity (Wildman–Crippen MR) is 251 cm³/mol. The first-order valence-corrected chi connectivity index (χ1v) is 24.2. The minimum absolute atomic E-state index is 0.124. The highest BCUT2D eigenvalue weighted by molar-refractivity contribution is 5.69. The van der Waals surface area contributed by atoms with Crippen LogP contribution in [0.3, 0.4) is 0 Å². The van der Waals surface area contributed by atoms with Crippen LogP contribution in [0.2, 0.25) is 0 Å². The Kier molecular flexibility index (Phi) is 39.4. The van der Waals surface area contributed by atoms with Gasteiger partial charge in [-0.3, -0.25) is 4.79 Å². The van der Waals surface area contributed by atoms with Gasteiger partial charge in [-0.2, -0.15) is 0 Å². The Labute approximate surface area is 371 Å². The molecule has 0 saturated carbocycles. The molecule has 0 aromatic heterocycles. The van der Waals surface area contributed by atoms with Gasteiger partial charge < -0.3 is 39.4 Å². The highest BCUT2D eigenvalue weighted by atomic mass is 16.7. The van der Waals surface area contributed by atoms with Crippen LogP contribution in [0, 0.1) is 0 Å². The van der Waals surface area contributed by atoms with Crippen molar-refractivity contribution in [3.63, 3.8) is 0 Å². The molecular formula is C52H88O9. The number of ether oxygens (including phenoxy) is 4. The third kappa shape index (κ3) is 33.6. The van der Waals surface area contributed by atoms with E-state index in [1.54, 1.807) is 0 Å². The van der Waals surface area contributed by atoms with E-state index in [4.69, 9.17) is 18.9 Å². The van der Waals surface area contributed by atoms with Crippen LogP contribution >= 0.6 is 0 Å². The van der Waals surface area contributed by atoms with Gasteiger partial charge in [0, 0.05) is 13.0 Å². The molecule has 1 fully saturated rings. The van der Waals surface area contributed by atoms with Crippen molar-refractivity contribution in [2.75, 3.05) is 26.4 Å². The first-order chi connectivity index (χ1) is 29.9. The topological polar surface area (TPSA) is 135 Å². The molecule has 0 aliphatic carbocycles. The Balaban J connectivity index is 2.26. The number of aliphatic hydroxyl groups excluding tert-OH is 4. The minimum atomic E-state index is -1.55. The molecule has 9 heteroatoms. The summed E-state index contributed by atoms with van der Waals surface area (Å²) in [5, 5.41) is 40.2. The quantitative estimate of drug-likeness (QED) is 0.0270. The second-order valence-corrected chi connectivity index (χ2v) is 16.2. The fourth-order valence-corrected chi connectivity index (χ4v) is 6.78. The molecule has 9 nitrogen and oxygen atoms in total. The van der Waals surface area contributed by atoms with E-state index in [9.17, 15) is 25.2 Å². The van der Waals surface area contributed by atoms with Gasteiger partial charge in [0.25, 0.3) is 0 Å². The molecule has 350 valence electrons. The Morgan fingerprint density at radius 3 is 1.51 bits per heavy atom. The average Bonchev–Trinajstić information content (AvgIpc) is 3.26. The lowest BCUT2D eigenvalue weighted by molar-refractivity contribution is -0.305. The summed E-state index contributed by atoms with van der Waals surface area (Å²) < 4.78 is 22.8. The molecule has 1 heterocycles. The molecule has 1 rings (SSSR count). The van der Waals surface area contributed by atoms with Crippen LogP contribution in [0.5, 0.6) is 0 Å². The van der Waals surface area contributed by atoms with Gasteiger partial charge in [-0.25, -0.2) is 0 Å². The Morgan fingerprint density at radius 1 is 0.541 bits per heavy atom. The lowest BCUT2D eigenvalue weighted by Gasteiger charge is -2.39. The molecule has 0 spiro atoms. The summed E-state index contributed by atoms with van der Waals surface area (Å²) in [5.74, 6) is -0.336. The molecular weight excluding hydrogens is 769 g/mol. The van der Waals surface area contributed by atoms with Crippen molar-refractivity contribution >= 4 is 5.97 Å².